The van der Waals surface area contributed by atoms with Crippen LogP contribution >= 0.6 is 0 Å². The van der Waals surface area contributed by atoms with Gasteiger partial charge in [-0.15, -0.1) is 0 Å². The molecule has 0 aromatic heterocycles. The second-order valence-corrected chi connectivity index (χ2v) is 3.13. The molecule has 1 aliphatic heterocycles. The zero-order valence-electron chi connectivity index (χ0n) is 7.58. The highest BCUT2D eigenvalue weighted by molar-refractivity contribution is 5.78. The Hall–Kier alpha value is -1.26. The van der Waals surface area contributed by atoms with Gasteiger partial charge in [0.25, 0.3) is 0 Å². The van der Waals surface area contributed by atoms with Crippen LogP contribution in [-0.4, -0.2) is 36.5 Å². The molecule has 3 N–H and O–H groups in total. The number of nitrogens with one attached hydrogen (secondary N) is 1. The second kappa shape index (κ2) is 4.69. The molecule has 74 valence electrons. The minimum Gasteiger partial charge on any atom is -0.352 e. The van der Waals surface area contributed by atoms with Crippen molar-refractivity contribution >= 4 is 11.9 Å². The van der Waals surface area contributed by atoms with Crippen molar-refractivity contribution in [3.63, 3.8) is 0 Å². The van der Waals surface area contributed by atoms with E-state index in [0.717, 1.165) is 25.9 Å². The minimum absolute atomic E-state index is 0.221. The quantitative estimate of drug-likeness (QED) is 0.588. The molecule has 0 bridgehead atoms. The summed E-state index contributed by atoms with van der Waals surface area (Å²) < 4.78 is 0. The van der Waals surface area contributed by atoms with Crippen molar-refractivity contribution in [2.75, 3.05) is 19.6 Å². The van der Waals surface area contributed by atoms with Crippen LogP contribution in [0, 0.1) is 0 Å². The van der Waals surface area contributed by atoms with Gasteiger partial charge in [-0.05, 0) is 12.8 Å². The van der Waals surface area contributed by atoms with Crippen LogP contribution in [-0.2, 0) is 4.79 Å². The zero-order chi connectivity index (χ0) is 9.68. The number of urea groups is 1. The topological polar surface area (TPSA) is 75.4 Å². The summed E-state index contributed by atoms with van der Waals surface area (Å²) in [7, 11) is 0. The largest absolute Gasteiger partial charge is 0.352 e. The Labute approximate surface area is 77.3 Å². The van der Waals surface area contributed by atoms with Crippen molar-refractivity contribution in [1.29, 1.82) is 0 Å². The molecule has 0 aromatic carbocycles. The number of amides is 3. The Morgan fingerprint density at radius 2 is 2.38 bits per heavy atom. The lowest BCUT2D eigenvalue weighted by Gasteiger charge is -2.14. The molecule has 0 spiro atoms. The molecule has 1 rings (SSSR count). The van der Waals surface area contributed by atoms with Gasteiger partial charge in [0.2, 0.25) is 5.91 Å². The molecule has 0 atom stereocenters. The van der Waals surface area contributed by atoms with E-state index < -0.39 is 6.03 Å². The van der Waals surface area contributed by atoms with E-state index in [1.807, 2.05) is 4.90 Å². The van der Waals surface area contributed by atoms with Gasteiger partial charge in [-0.3, -0.25) is 4.79 Å². The van der Waals surface area contributed by atoms with E-state index >= 15 is 0 Å². The summed E-state index contributed by atoms with van der Waals surface area (Å²) in [6, 6.07) is -0.507. The number of carbonyl (C=O) groups is 2. The number of nitrogens with two attached hydrogens (primary N) is 1. The third-order valence-electron chi connectivity index (χ3n) is 2.08. The number of hydrogen-bond acceptors (Lipinski definition) is 2. The average Bonchev–Trinajstić information content (AvgIpc) is 2.45. The van der Waals surface area contributed by atoms with Gasteiger partial charge in [-0.2, -0.15) is 0 Å². The normalized spacial score (nSPS) is 16.3. The van der Waals surface area contributed by atoms with E-state index in [9.17, 15) is 9.59 Å². The first-order chi connectivity index (χ1) is 6.20. The van der Waals surface area contributed by atoms with Crippen LogP contribution in [0.15, 0.2) is 0 Å². The van der Waals surface area contributed by atoms with Crippen molar-refractivity contribution in [3.05, 3.63) is 0 Å². The van der Waals surface area contributed by atoms with Crippen molar-refractivity contribution in [2.45, 2.75) is 19.3 Å². The van der Waals surface area contributed by atoms with Crippen LogP contribution in [0.25, 0.3) is 0 Å². The van der Waals surface area contributed by atoms with Gasteiger partial charge in [0, 0.05) is 26.1 Å². The first-order valence-corrected chi connectivity index (χ1v) is 4.51. The summed E-state index contributed by atoms with van der Waals surface area (Å²) in [5, 5.41) is 2.49. The Morgan fingerprint density at radius 3 is 2.92 bits per heavy atom. The molecule has 1 saturated heterocycles. The lowest BCUT2D eigenvalue weighted by atomic mass is 10.4. The van der Waals surface area contributed by atoms with Crippen LogP contribution in [0.5, 0.6) is 0 Å². The maximum absolute atomic E-state index is 11.1. The molecule has 5 nitrogen and oxygen atoms in total. The third-order valence-corrected chi connectivity index (χ3v) is 2.08. The van der Waals surface area contributed by atoms with E-state index in [1.165, 1.54) is 0 Å². The van der Waals surface area contributed by atoms with Crippen LogP contribution in [0.2, 0.25) is 0 Å². The predicted octanol–water partition coefficient (Wildman–Crippen LogP) is -0.333. The Kier molecular flexibility index (Phi) is 3.54. The SMILES string of the molecule is NC(=O)NCCCN1CCCC1=O. The number of likely N-dealkylation sites (tertiary alicyclic amines) is 1. The molecule has 5 heteroatoms. The van der Waals surface area contributed by atoms with Gasteiger partial charge in [-0.25, -0.2) is 4.79 Å². The number of rotatable bonds is 4. The van der Waals surface area contributed by atoms with Crippen molar-refractivity contribution < 1.29 is 9.59 Å². The Balaban J connectivity index is 2.05. The number of nitrogens with zero attached hydrogens (tertiary/aromatic N) is 1. The standard InChI is InChI=1S/C8H15N3O2/c9-8(13)10-4-2-6-11-5-1-3-7(11)12/h1-6H2,(H3,9,10,13). The van der Waals surface area contributed by atoms with Crippen LogP contribution in [0.3, 0.4) is 0 Å². The number of carbonyl (C=O) groups excluding carboxylic acids is 2. The van der Waals surface area contributed by atoms with Gasteiger partial charge in [0.1, 0.15) is 0 Å². The zero-order valence-corrected chi connectivity index (χ0v) is 7.58. The molecule has 0 aliphatic carbocycles. The molecule has 1 aliphatic rings. The predicted molar refractivity (Wildman–Crippen MR) is 48.0 cm³/mol. The summed E-state index contributed by atoms with van der Waals surface area (Å²) in [6.07, 6.45) is 2.40. The lowest BCUT2D eigenvalue weighted by molar-refractivity contribution is -0.127. The highest BCUT2D eigenvalue weighted by Crippen LogP contribution is 2.08. The van der Waals surface area contributed by atoms with Crippen molar-refractivity contribution in [3.8, 4) is 0 Å². The fraction of sp³-hybridized carbons (Fsp3) is 0.750. The first kappa shape index (κ1) is 9.83. The molecule has 0 saturated carbocycles. The maximum atomic E-state index is 11.1. The summed E-state index contributed by atoms with van der Waals surface area (Å²) in [6.45, 7) is 2.12. The minimum atomic E-state index is -0.507. The Bertz CT molecular complexity index is 206. The van der Waals surface area contributed by atoms with Crippen molar-refractivity contribution in [2.24, 2.45) is 5.73 Å². The maximum Gasteiger partial charge on any atom is 0.312 e. The van der Waals surface area contributed by atoms with Gasteiger partial charge < -0.3 is 16.0 Å². The van der Waals surface area contributed by atoms with E-state index in [1.54, 1.807) is 0 Å². The number of primary amides is 1. The smallest absolute Gasteiger partial charge is 0.312 e. The van der Waals surface area contributed by atoms with Crippen LogP contribution in [0.4, 0.5) is 4.79 Å². The van der Waals surface area contributed by atoms with Crippen LogP contribution < -0.4 is 11.1 Å². The van der Waals surface area contributed by atoms with Crippen molar-refractivity contribution in [1.82, 2.24) is 10.2 Å². The summed E-state index contributed by atoms with van der Waals surface area (Å²) in [5.74, 6) is 0.221. The fourth-order valence-corrected chi connectivity index (χ4v) is 1.42. The highest BCUT2D eigenvalue weighted by Gasteiger charge is 2.18. The molecule has 0 aromatic rings. The molecule has 0 radical (unpaired) electrons. The summed E-state index contributed by atoms with van der Waals surface area (Å²) >= 11 is 0. The van der Waals surface area contributed by atoms with E-state index in [4.69, 9.17) is 5.73 Å². The molecule has 13 heavy (non-hydrogen) atoms. The van der Waals surface area contributed by atoms with Gasteiger partial charge in [0.15, 0.2) is 0 Å². The summed E-state index contributed by atoms with van der Waals surface area (Å²) in [4.78, 5) is 23.2. The second-order valence-electron chi connectivity index (χ2n) is 3.13. The monoisotopic (exact) mass is 185 g/mol. The Morgan fingerprint density at radius 1 is 1.62 bits per heavy atom. The summed E-state index contributed by atoms with van der Waals surface area (Å²) in [5.41, 5.74) is 4.88. The number of hydrogen-bond donors (Lipinski definition) is 2. The molecule has 1 fully saturated rings. The molecule has 0 unspecified atom stereocenters. The van der Waals surface area contributed by atoms with E-state index in [0.29, 0.717) is 13.0 Å². The van der Waals surface area contributed by atoms with E-state index in [2.05, 4.69) is 5.32 Å². The fourth-order valence-electron chi connectivity index (χ4n) is 1.42. The molecule has 1 heterocycles. The van der Waals surface area contributed by atoms with Gasteiger partial charge >= 0.3 is 6.03 Å². The average molecular weight is 185 g/mol. The third kappa shape index (κ3) is 3.31. The van der Waals surface area contributed by atoms with Crippen LogP contribution in [0.1, 0.15) is 19.3 Å². The first-order valence-electron chi connectivity index (χ1n) is 4.51. The molecule has 3 amide bonds. The lowest BCUT2D eigenvalue weighted by Crippen LogP contribution is -2.33. The molecular formula is C8H15N3O2. The highest BCUT2D eigenvalue weighted by atomic mass is 16.2. The van der Waals surface area contributed by atoms with Gasteiger partial charge in [-0.1, -0.05) is 0 Å². The van der Waals surface area contributed by atoms with E-state index in [-0.39, 0.29) is 5.91 Å². The molecular weight excluding hydrogens is 170 g/mol. The van der Waals surface area contributed by atoms with Gasteiger partial charge in [0.05, 0.1) is 0 Å².